The van der Waals surface area contributed by atoms with Gasteiger partial charge in [-0.2, -0.15) is 5.10 Å². The van der Waals surface area contributed by atoms with Gasteiger partial charge in [-0.25, -0.2) is 4.68 Å². The van der Waals surface area contributed by atoms with E-state index in [9.17, 15) is 9.59 Å². The van der Waals surface area contributed by atoms with Crippen molar-refractivity contribution < 1.29 is 14.3 Å². The number of carbonyl (C=O) groups excluding carboxylic acids is 2. The van der Waals surface area contributed by atoms with Crippen LogP contribution in [-0.2, 0) is 4.79 Å². The predicted octanol–water partition coefficient (Wildman–Crippen LogP) is 1.26. The van der Waals surface area contributed by atoms with Gasteiger partial charge in [-0.05, 0) is 25.0 Å². The molecule has 0 bridgehead atoms. The molecule has 0 unspecified atom stereocenters. The number of likely N-dealkylation sites (tertiary alicyclic amines) is 1. The third-order valence-corrected chi connectivity index (χ3v) is 5.60. The Morgan fingerprint density at radius 1 is 0.966 bits per heavy atom. The fourth-order valence-corrected chi connectivity index (χ4v) is 3.89. The summed E-state index contributed by atoms with van der Waals surface area (Å²) in [4.78, 5) is 31.2. The third kappa shape index (κ3) is 4.27. The van der Waals surface area contributed by atoms with Crippen LogP contribution in [-0.4, -0.2) is 89.2 Å². The van der Waals surface area contributed by atoms with Crippen molar-refractivity contribution in [2.24, 2.45) is 0 Å². The number of benzene rings is 1. The van der Waals surface area contributed by atoms with Crippen molar-refractivity contribution in [2.75, 3.05) is 52.9 Å². The van der Waals surface area contributed by atoms with Crippen molar-refractivity contribution in [2.45, 2.75) is 12.8 Å². The molecular formula is C21H27N5O3. The molecule has 2 aliphatic rings. The smallest absolute Gasteiger partial charge is 0.278 e. The molecule has 29 heavy (non-hydrogen) atoms. The molecule has 4 rings (SSSR count). The molecule has 0 atom stereocenters. The molecule has 154 valence electrons. The SMILES string of the molecule is COc1cn(-c2ccccc2)nc1C(=O)N1CCN(CC(=O)N2CCCC2)CC1. The van der Waals surface area contributed by atoms with Crippen molar-refractivity contribution in [3.63, 3.8) is 0 Å². The van der Waals surface area contributed by atoms with Crippen LogP contribution < -0.4 is 4.74 Å². The van der Waals surface area contributed by atoms with Crippen molar-refractivity contribution in [1.29, 1.82) is 0 Å². The maximum absolute atomic E-state index is 13.0. The number of aromatic nitrogens is 2. The Labute approximate surface area is 170 Å². The van der Waals surface area contributed by atoms with Crippen molar-refractivity contribution in [3.05, 3.63) is 42.2 Å². The Bertz CT molecular complexity index is 852. The Hall–Kier alpha value is -2.87. The number of para-hydroxylation sites is 1. The van der Waals surface area contributed by atoms with Gasteiger partial charge in [0.25, 0.3) is 5.91 Å². The average Bonchev–Trinajstić information content (AvgIpc) is 3.44. The van der Waals surface area contributed by atoms with Gasteiger partial charge in [0.15, 0.2) is 11.4 Å². The molecule has 2 fully saturated rings. The van der Waals surface area contributed by atoms with E-state index in [0.29, 0.717) is 44.2 Å². The highest BCUT2D eigenvalue weighted by Crippen LogP contribution is 2.21. The minimum atomic E-state index is -0.137. The summed E-state index contributed by atoms with van der Waals surface area (Å²) in [6.45, 7) is 4.72. The standard InChI is InChI=1S/C21H27N5O3/c1-29-18-15-26(17-7-3-2-4-8-17)22-20(18)21(28)25-13-11-23(12-14-25)16-19(27)24-9-5-6-10-24/h2-4,7-8,15H,5-6,9-14,16H2,1H3. The van der Waals surface area contributed by atoms with Gasteiger partial charge < -0.3 is 14.5 Å². The van der Waals surface area contributed by atoms with Gasteiger partial charge in [-0.15, -0.1) is 0 Å². The van der Waals surface area contributed by atoms with Gasteiger partial charge in [0, 0.05) is 39.3 Å². The van der Waals surface area contributed by atoms with E-state index in [1.54, 1.807) is 22.9 Å². The number of carbonyl (C=O) groups is 2. The summed E-state index contributed by atoms with van der Waals surface area (Å²) in [5.74, 6) is 0.526. The lowest BCUT2D eigenvalue weighted by Crippen LogP contribution is -2.51. The van der Waals surface area contributed by atoms with Crippen molar-refractivity contribution >= 4 is 11.8 Å². The second-order valence-corrected chi connectivity index (χ2v) is 7.48. The summed E-state index contributed by atoms with van der Waals surface area (Å²) in [6.07, 6.45) is 3.94. The summed E-state index contributed by atoms with van der Waals surface area (Å²) in [5.41, 5.74) is 1.19. The van der Waals surface area contributed by atoms with Crippen molar-refractivity contribution in [3.8, 4) is 11.4 Å². The number of amides is 2. The molecule has 8 nitrogen and oxygen atoms in total. The van der Waals surface area contributed by atoms with Crippen LogP contribution in [0.25, 0.3) is 5.69 Å². The maximum Gasteiger partial charge on any atom is 0.278 e. The van der Waals surface area contributed by atoms with Crippen LogP contribution in [0.1, 0.15) is 23.3 Å². The predicted molar refractivity (Wildman–Crippen MR) is 108 cm³/mol. The molecule has 8 heteroatoms. The summed E-state index contributed by atoms with van der Waals surface area (Å²) in [6, 6.07) is 9.64. The van der Waals surface area contributed by atoms with Crippen LogP contribution in [0.2, 0.25) is 0 Å². The number of hydrogen-bond donors (Lipinski definition) is 0. The lowest BCUT2D eigenvalue weighted by molar-refractivity contribution is -0.131. The van der Waals surface area contributed by atoms with Crippen LogP contribution in [0.5, 0.6) is 5.75 Å². The van der Waals surface area contributed by atoms with E-state index in [2.05, 4.69) is 10.00 Å². The Morgan fingerprint density at radius 2 is 1.66 bits per heavy atom. The first-order valence-corrected chi connectivity index (χ1v) is 10.1. The third-order valence-electron chi connectivity index (χ3n) is 5.60. The normalized spacial score (nSPS) is 17.6. The summed E-state index contributed by atoms with van der Waals surface area (Å²) in [5, 5.41) is 4.47. The molecule has 1 aromatic carbocycles. The number of piperazine rings is 1. The quantitative estimate of drug-likeness (QED) is 0.760. The number of rotatable bonds is 5. The molecular weight excluding hydrogens is 370 g/mol. The molecule has 2 saturated heterocycles. The largest absolute Gasteiger partial charge is 0.493 e. The Morgan fingerprint density at radius 3 is 2.31 bits per heavy atom. The van der Waals surface area contributed by atoms with Gasteiger partial charge in [0.2, 0.25) is 5.91 Å². The molecule has 1 aromatic heterocycles. The topological polar surface area (TPSA) is 70.9 Å². The highest BCUT2D eigenvalue weighted by Gasteiger charge is 2.28. The van der Waals surface area contributed by atoms with Gasteiger partial charge in [-0.3, -0.25) is 14.5 Å². The van der Waals surface area contributed by atoms with Crippen LogP contribution in [0.15, 0.2) is 36.5 Å². The average molecular weight is 397 g/mol. The van der Waals surface area contributed by atoms with Crippen molar-refractivity contribution in [1.82, 2.24) is 24.5 Å². The zero-order chi connectivity index (χ0) is 20.2. The number of hydrogen-bond acceptors (Lipinski definition) is 5. The zero-order valence-corrected chi connectivity index (χ0v) is 16.8. The molecule has 2 aromatic rings. The van der Waals surface area contributed by atoms with Gasteiger partial charge in [0.05, 0.1) is 25.5 Å². The van der Waals surface area contributed by atoms with Crippen LogP contribution in [0.4, 0.5) is 0 Å². The molecule has 0 radical (unpaired) electrons. The van der Waals surface area contributed by atoms with E-state index in [-0.39, 0.29) is 11.8 Å². The molecule has 2 aliphatic heterocycles. The van der Waals surface area contributed by atoms with Crippen LogP contribution in [0.3, 0.4) is 0 Å². The first-order valence-electron chi connectivity index (χ1n) is 10.1. The summed E-state index contributed by atoms with van der Waals surface area (Å²) in [7, 11) is 1.55. The lowest BCUT2D eigenvalue weighted by Gasteiger charge is -2.34. The Kier molecular flexibility index (Phi) is 5.80. The highest BCUT2D eigenvalue weighted by molar-refractivity contribution is 5.95. The van der Waals surface area contributed by atoms with E-state index >= 15 is 0 Å². The first kappa shape index (κ1) is 19.4. The van der Waals surface area contributed by atoms with Gasteiger partial charge in [-0.1, -0.05) is 18.2 Å². The molecule has 0 saturated carbocycles. The second-order valence-electron chi connectivity index (χ2n) is 7.48. The monoisotopic (exact) mass is 397 g/mol. The van der Waals surface area contributed by atoms with Gasteiger partial charge >= 0.3 is 0 Å². The number of ether oxygens (including phenoxy) is 1. The van der Waals surface area contributed by atoms with Crippen LogP contribution >= 0.6 is 0 Å². The van der Waals surface area contributed by atoms with E-state index in [4.69, 9.17) is 4.74 Å². The molecule has 2 amide bonds. The fraction of sp³-hybridized carbons (Fsp3) is 0.476. The molecule has 0 N–H and O–H groups in total. The summed E-state index contributed by atoms with van der Waals surface area (Å²) < 4.78 is 7.06. The molecule has 0 aliphatic carbocycles. The maximum atomic E-state index is 13.0. The zero-order valence-electron chi connectivity index (χ0n) is 16.8. The van der Waals surface area contributed by atoms with E-state index < -0.39 is 0 Å². The summed E-state index contributed by atoms with van der Waals surface area (Å²) >= 11 is 0. The Balaban J connectivity index is 1.38. The van der Waals surface area contributed by atoms with Gasteiger partial charge in [0.1, 0.15) is 0 Å². The molecule has 3 heterocycles. The fourth-order valence-electron chi connectivity index (χ4n) is 3.89. The van der Waals surface area contributed by atoms with E-state index in [0.717, 1.165) is 31.6 Å². The van der Waals surface area contributed by atoms with E-state index in [1.165, 1.54) is 0 Å². The van der Waals surface area contributed by atoms with Crippen LogP contribution in [0, 0.1) is 0 Å². The van der Waals surface area contributed by atoms with E-state index in [1.807, 2.05) is 35.2 Å². The first-order chi connectivity index (χ1) is 14.2. The minimum Gasteiger partial charge on any atom is -0.493 e. The lowest BCUT2D eigenvalue weighted by atomic mass is 10.2. The second kappa shape index (κ2) is 8.65. The number of nitrogens with zero attached hydrogens (tertiary/aromatic N) is 5. The molecule has 0 spiro atoms. The highest BCUT2D eigenvalue weighted by atomic mass is 16.5. The number of methoxy groups -OCH3 is 1. The minimum absolute atomic E-state index is 0.137.